The summed E-state index contributed by atoms with van der Waals surface area (Å²) in [5.41, 5.74) is 0.544. The van der Waals surface area contributed by atoms with Gasteiger partial charge in [0.1, 0.15) is 26.4 Å². The number of benzene rings is 4. The van der Waals surface area contributed by atoms with E-state index in [2.05, 4.69) is 0 Å². The Labute approximate surface area is 358 Å². The van der Waals surface area contributed by atoms with E-state index in [1.165, 1.54) is 0 Å². The fourth-order valence-corrected chi connectivity index (χ4v) is 5.90. The minimum Gasteiger partial charge on any atom is -0.460 e. The van der Waals surface area contributed by atoms with Crippen molar-refractivity contribution < 1.29 is 61.8 Å². The van der Waals surface area contributed by atoms with Crippen molar-refractivity contribution in [3.05, 3.63) is 144 Å². The fourth-order valence-electron chi connectivity index (χ4n) is 5.90. The molecular weight excluding hydrogens is 785 g/mol. The number of ether oxygens (including phenoxy) is 9. The van der Waals surface area contributed by atoms with Crippen molar-refractivity contribution in [2.45, 2.75) is 26.7 Å². The van der Waals surface area contributed by atoms with Gasteiger partial charge in [0.2, 0.25) is 0 Å². The van der Waals surface area contributed by atoms with E-state index < -0.39 is 34.7 Å². The molecule has 0 saturated carbocycles. The number of carbonyl (C=O) groups excluding carboxylic acids is 4. The maximum absolute atomic E-state index is 12.4. The average Bonchev–Trinajstić information content (AvgIpc) is 3.31. The van der Waals surface area contributed by atoms with Crippen LogP contribution in [0.4, 0.5) is 0 Å². The third-order valence-electron chi connectivity index (χ3n) is 9.83. The van der Waals surface area contributed by atoms with E-state index in [-0.39, 0.29) is 92.5 Å². The molecule has 0 aliphatic carbocycles. The molecule has 61 heavy (non-hydrogen) atoms. The van der Waals surface area contributed by atoms with Gasteiger partial charge >= 0.3 is 23.9 Å². The lowest BCUT2D eigenvalue weighted by molar-refractivity contribution is -0.116. The highest BCUT2D eigenvalue weighted by molar-refractivity contribution is 5.90. The zero-order chi connectivity index (χ0) is 43.4. The first kappa shape index (κ1) is 48.2. The highest BCUT2D eigenvalue weighted by Gasteiger charge is 2.34. The Morgan fingerprint density at radius 3 is 0.754 bits per heavy atom. The quantitative estimate of drug-likeness (QED) is 0.0294. The molecule has 328 valence electrons. The van der Waals surface area contributed by atoms with Crippen molar-refractivity contribution in [2.75, 3.05) is 92.5 Å². The van der Waals surface area contributed by atoms with Crippen molar-refractivity contribution in [3.63, 3.8) is 0 Å². The van der Waals surface area contributed by atoms with Gasteiger partial charge in [0.05, 0.1) is 88.3 Å². The SMILES string of the molecule is CCC(COCCOC(=O)c1ccccc1)(COCCOC(=O)c1ccccc1)COCC(CC)(COCCOC(=O)c1ccccc1)COCCOC(=O)c1ccccc1. The van der Waals surface area contributed by atoms with Gasteiger partial charge in [-0.25, -0.2) is 19.2 Å². The summed E-state index contributed by atoms with van der Waals surface area (Å²) in [6, 6.07) is 34.9. The predicted octanol–water partition coefficient (Wildman–Crippen LogP) is 7.29. The molecule has 0 unspecified atom stereocenters. The number of carbonyl (C=O) groups is 4. The molecule has 0 aliphatic heterocycles. The summed E-state index contributed by atoms with van der Waals surface area (Å²) in [6.07, 6.45) is 1.21. The molecule has 0 fully saturated rings. The van der Waals surface area contributed by atoms with Gasteiger partial charge in [0, 0.05) is 10.8 Å². The third-order valence-corrected chi connectivity index (χ3v) is 9.83. The minimum absolute atomic E-state index is 0.0552. The molecule has 0 heterocycles. The lowest BCUT2D eigenvalue weighted by atomic mass is 9.86. The van der Waals surface area contributed by atoms with Crippen molar-refractivity contribution >= 4 is 23.9 Å². The van der Waals surface area contributed by atoms with Gasteiger partial charge in [-0.15, -0.1) is 0 Å². The molecule has 0 bridgehead atoms. The van der Waals surface area contributed by atoms with E-state index in [4.69, 9.17) is 42.6 Å². The Balaban J connectivity index is 1.35. The molecule has 0 aromatic heterocycles. The summed E-state index contributed by atoms with van der Waals surface area (Å²) in [4.78, 5) is 49.8. The minimum atomic E-state index is -0.634. The van der Waals surface area contributed by atoms with Gasteiger partial charge in [0.15, 0.2) is 0 Å². The first-order valence-electron chi connectivity index (χ1n) is 20.6. The van der Waals surface area contributed by atoms with Crippen molar-refractivity contribution in [1.82, 2.24) is 0 Å². The van der Waals surface area contributed by atoms with Gasteiger partial charge < -0.3 is 42.6 Å². The Morgan fingerprint density at radius 2 is 0.541 bits per heavy atom. The largest absolute Gasteiger partial charge is 0.460 e. The van der Waals surface area contributed by atoms with Gasteiger partial charge in [-0.2, -0.15) is 0 Å². The summed E-state index contributed by atoms with van der Waals surface area (Å²) in [5, 5.41) is 0. The second-order valence-electron chi connectivity index (χ2n) is 14.4. The summed E-state index contributed by atoms with van der Waals surface area (Å²) < 4.78 is 52.4. The first-order valence-corrected chi connectivity index (χ1v) is 20.6. The van der Waals surface area contributed by atoms with Crippen LogP contribution in [0.25, 0.3) is 0 Å². The van der Waals surface area contributed by atoms with Crippen LogP contribution in [-0.4, -0.2) is 116 Å². The smallest absolute Gasteiger partial charge is 0.338 e. The van der Waals surface area contributed by atoms with Crippen LogP contribution in [0.2, 0.25) is 0 Å². The van der Waals surface area contributed by atoms with Gasteiger partial charge in [-0.3, -0.25) is 0 Å². The zero-order valence-electron chi connectivity index (χ0n) is 35.2. The fraction of sp³-hybridized carbons (Fsp3) is 0.417. The third kappa shape index (κ3) is 17.6. The highest BCUT2D eigenvalue weighted by atomic mass is 16.6. The summed E-state index contributed by atoms with van der Waals surface area (Å²) >= 11 is 0. The van der Waals surface area contributed by atoms with Crippen LogP contribution in [0, 0.1) is 10.8 Å². The van der Waals surface area contributed by atoms with Crippen LogP contribution in [-0.2, 0) is 42.6 Å². The number of rotatable bonds is 30. The molecule has 0 aliphatic rings. The highest BCUT2D eigenvalue weighted by Crippen LogP contribution is 2.29. The van der Waals surface area contributed by atoms with E-state index in [9.17, 15) is 19.2 Å². The van der Waals surface area contributed by atoms with E-state index >= 15 is 0 Å². The maximum atomic E-state index is 12.4. The van der Waals surface area contributed by atoms with Gasteiger partial charge in [-0.05, 0) is 61.4 Å². The van der Waals surface area contributed by atoms with Gasteiger partial charge in [0.25, 0.3) is 0 Å². The lowest BCUT2D eigenvalue weighted by Gasteiger charge is -2.36. The van der Waals surface area contributed by atoms with Gasteiger partial charge in [-0.1, -0.05) is 86.6 Å². The van der Waals surface area contributed by atoms with Crippen LogP contribution in [0.1, 0.15) is 68.1 Å². The molecule has 0 amide bonds. The normalized spacial score (nSPS) is 11.4. The monoisotopic (exact) mass is 842 g/mol. The molecule has 4 aromatic carbocycles. The molecule has 13 nitrogen and oxygen atoms in total. The molecule has 0 spiro atoms. The predicted molar refractivity (Wildman–Crippen MR) is 226 cm³/mol. The molecule has 0 saturated heterocycles. The van der Waals surface area contributed by atoms with E-state index in [0.29, 0.717) is 35.1 Å². The topological polar surface area (TPSA) is 151 Å². The molecule has 4 aromatic rings. The van der Waals surface area contributed by atoms with Crippen molar-refractivity contribution in [1.29, 1.82) is 0 Å². The maximum Gasteiger partial charge on any atom is 0.338 e. The number of hydrogen-bond acceptors (Lipinski definition) is 13. The molecule has 13 heteroatoms. The van der Waals surface area contributed by atoms with Crippen LogP contribution in [0.5, 0.6) is 0 Å². The molecule has 0 atom stereocenters. The Bertz CT molecular complexity index is 1580. The zero-order valence-corrected chi connectivity index (χ0v) is 35.2. The van der Waals surface area contributed by atoms with Crippen molar-refractivity contribution in [3.8, 4) is 0 Å². The Hall–Kier alpha value is -5.44. The summed E-state index contributed by atoms with van der Waals surface area (Å²) in [6.45, 7) is 6.19. The van der Waals surface area contributed by atoms with E-state index in [1.807, 2.05) is 38.1 Å². The van der Waals surface area contributed by atoms with Crippen LogP contribution >= 0.6 is 0 Å². The number of hydrogen-bond donors (Lipinski definition) is 0. The summed E-state index contributed by atoms with van der Waals surface area (Å²) in [7, 11) is 0. The second-order valence-corrected chi connectivity index (χ2v) is 14.4. The first-order chi connectivity index (χ1) is 29.8. The number of esters is 4. The van der Waals surface area contributed by atoms with Crippen LogP contribution in [0.3, 0.4) is 0 Å². The van der Waals surface area contributed by atoms with Crippen LogP contribution in [0.15, 0.2) is 121 Å². The second kappa shape index (κ2) is 27.4. The molecule has 4 rings (SSSR count). The van der Waals surface area contributed by atoms with Crippen molar-refractivity contribution in [2.24, 2.45) is 10.8 Å². The van der Waals surface area contributed by atoms with E-state index in [0.717, 1.165) is 0 Å². The molecule has 0 radical (unpaired) electrons. The summed E-state index contributed by atoms with van der Waals surface area (Å²) in [5.74, 6) is -1.75. The molecule has 0 N–H and O–H groups in total. The lowest BCUT2D eigenvalue weighted by Crippen LogP contribution is -2.42. The Morgan fingerprint density at radius 1 is 0.328 bits per heavy atom. The van der Waals surface area contributed by atoms with E-state index in [1.54, 1.807) is 97.1 Å². The Kier molecular flexibility index (Phi) is 21.7. The molecular formula is C48H58O13. The van der Waals surface area contributed by atoms with Crippen LogP contribution < -0.4 is 0 Å². The average molecular weight is 843 g/mol. The standard InChI is InChI=1S/C48H58O13/c1-3-47(33-53-25-29-58-43(49)39-17-9-5-10-18-39,34-54-26-30-59-44(50)40-19-11-6-12-20-40)37-57-38-48(4-2,35-55-27-31-60-45(51)41-21-13-7-14-22-41)36-56-28-32-61-46(52)42-23-15-8-16-24-42/h5-24H,3-4,25-38H2,1-2H3.